The third-order valence-electron chi connectivity index (χ3n) is 5.63. The van der Waals surface area contributed by atoms with Gasteiger partial charge >= 0.3 is 5.97 Å². The van der Waals surface area contributed by atoms with E-state index in [2.05, 4.69) is 66.9 Å². The van der Waals surface area contributed by atoms with Gasteiger partial charge in [-0.3, -0.25) is 0 Å². The molecule has 0 amide bonds. The van der Waals surface area contributed by atoms with Crippen LogP contribution >= 0.6 is 34.4 Å². The van der Waals surface area contributed by atoms with Crippen molar-refractivity contribution < 1.29 is 19.1 Å². The fourth-order valence-electron chi connectivity index (χ4n) is 3.91. The van der Waals surface area contributed by atoms with E-state index in [-0.39, 0.29) is 6.61 Å². The summed E-state index contributed by atoms with van der Waals surface area (Å²) < 4.78 is 11.6. The first-order valence-electron chi connectivity index (χ1n) is 11.4. The summed E-state index contributed by atoms with van der Waals surface area (Å²) in [7, 11) is 0. The molecule has 182 valence electrons. The smallest absolute Gasteiger partial charge is 0.341 e. The topological polar surface area (TPSA) is 59.7 Å². The van der Waals surface area contributed by atoms with Crippen LogP contribution in [0.15, 0.2) is 87.5 Å². The number of hydrogen-bond donors (Lipinski definition) is 1. The first-order chi connectivity index (χ1) is 17.5. The molecule has 0 aliphatic heterocycles. The van der Waals surface area contributed by atoms with Crippen molar-refractivity contribution in [3.63, 3.8) is 0 Å². The molecule has 5 aromatic rings. The van der Waals surface area contributed by atoms with Crippen LogP contribution < -0.4 is 4.74 Å². The predicted octanol–water partition coefficient (Wildman–Crippen LogP) is 8.53. The maximum Gasteiger partial charge on any atom is 0.341 e. The minimum Gasteiger partial charge on any atom is -0.482 e. The molecule has 2 aromatic carbocycles. The van der Waals surface area contributed by atoms with E-state index in [1.807, 2.05) is 25.1 Å². The van der Waals surface area contributed by atoms with Gasteiger partial charge in [-0.15, -0.1) is 34.4 Å². The van der Waals surface area contributed by atoms with Crippen LogP contribution in [-0.4, -0.2) is 23.4 Å². The number of ether oxygens (including phenoxy) is 1. The highest BCUT2D eigenvalue weighted by molar-refractivity contribution is 7.99. The van der Waals surface area contributed by atoms with Crippen LogP contribution in [-0.2, 0) is 4.79 Å². The molecule has 5 rings (SSSR count). The number of carbonyl (C=O) groups is 1. The van der Waals surface area contributed by atoms with Gasteiger partial charge < -0.3 is 14.3 Å². The van der Waals surface area contributed by atoms with Gasteiger partial charge in [-0.1, -0.05) is 12.1 Å². The summed E-state index contributed by atoms with van der Waals surface area (Å²) in [4.78, 5) is 15.6. The number of thiophene rings is 2. The Hall–Kier alpha value is -3.26. The molecule has 0 saturated heterocycles. The van der Waals surface area contributed by atoms with Crippen molar-refractivity contribution in [3.8, 4) is 16.2 Å². The molecule has 0 atom stereocenters. The van der Waals surface area contributed by atoms with E-state index in [9.17, 15) is 4.79 Å². The summed E-state index contributed by atoms with van der Waals surface area (Å²) in [5, 5.41) is 12.0. The Kier molecular flexibility index (Phi) is 7.32. The lowest BCUT2D eigenvalue weighted by Crippen LogP contribution is -2.09. The molecule has 0 saturated carbocycles. The Labute approximate surface area is 221 Å². The van der Waals surface area contributed by atoms with Gasteiger partial charge in [0.05, 0.1) is 0 Å². The van der Waals surface area contributed by atoms with Crippen molar-refractivity contribution in [2.24, 2.45) is 0 Å². The van der Waals surface area contributed by atoms with Crippen molar-refractivity contribution in [3.05, 3.63) is 99.3 Å². The van der Waals surface area contributed by atoms with E-state index in [0.29, 0.717) is 5.75 Å². The summed E-state index contributed by atoms with van der Waals surface area (Å²) in [5.41, 5.74) is 4.08. The van der Waals surface area contributed by atoms with Crippen molar-refractivity contribution in [1.82, 2.24) is 0 Å². The zero-order chi connectivity index (χ0) is 25.1. The molecule has 4 nitrogen and oxygen atoms in total. The highest BCUT2D eigenvalue weighted by Gasteiger charge is 2.14. The molecule has 0 aliphatic rings. The van der Waals surface area contributed by atoms with E-state index >= 15 is 0 Å². The van der Waals surface area contributed by atoms with Gasteiger partial charge in [-0.05, 0) is 91.0 Å². The predicted molar refractivity (Wildman–Crippen MR) is 151 cm³/mol. The number of carboxylic acids is 1. The number of carboxylic acid groups (broad SMARTS) is 1. The molecule has 0 bridgehead atoms. The number of rotatable bonds is 9. The van der Waals surface area contributed by atoms with Gasteiger partial charge in [0, 0.05) is 36.2 Å². The Morgan fingerprint density at radius 2 is 1.97 bits per heavy atom. The van der Waals surface area contributed by atoms with E-state index in [0.717, 1.165) is 43.4 Å². The summed E-state index contributed by atoms with van der Waals surface area (Å²) >= 11 is 5.21. The standard InChI is InChI=1S/C29H24O4S3/c1-18-14-22(7-9-24(18)32-17-29(30)31)34-13-11-23(28-4-3-12-35-28)26-16-21-15-20(6-8-25(21)33-26)27-10-5-19(2)36-27/h3-12,14-16H,13,17H2,1-2H3,(H,30,31)/b23-11+. The maximum absolute atomic E-state index is 10.8. The number of aliphatic carboxylic acids is 1. The van der Waals surface area contributed by atoms with E-state index < -0.39 is 5.97 Å². The highest BCUT2D eigenvalue weighted by atomic mass is 32.2. The quantitative estimate of drug-likeness (QED) is 0.193. The lowest BCUT2D eigenvalue weighted by molar-refractivity contribution is -0.139. The molecule has 0 spiro atoms. The van der Waals surface area contributed by atoms with Crippen LogP contribution in [0.5, 0.6) is 5.75 Å². The van der Waals surface area contributed by atoms with Crippen LogP contribution in [0.4, 0.5) is 0 Å². The Bertz CT molecular complexity index is 1540. The van der Waals surface area contributed by atoms with Gasteiger partial charge in [0.2, 0.25) is 0 Å². The van der Waals surface area contributed by atoms with Crippen LogP contribution in [0, 0.1) is 13.8 Å². The number of hydrogen-bond acceptors (Lipinski definition) is 6. The SMILES string of the molecule is Cc1ccc(-c2ccc3oc(/C(=C\CSc4ccc(OCC(=O)O)c(C)c4)c4cccs4)cc3c2)s1. The molecule has 3 aromatic heterocycles. The summed E-state index contributed by atoms with van der Waals surface area (Å²) in [6, 6.07) is 22.8. The molecule has 3 heterocycles. The number of benzene rings is 2. The van der Waals surface area contributed by atoms with E-state index in [1.54, 1.807) is 34.4 Å². The fraction of sp³-hybridized carbons (Fsp3) is 0.138. The van der Waals surface area contributed by atoms with Gasteiger partial charge in [0.1, 0.15) is 17.1 Å². The lowest BCUT2D eigenvalue weighted by atomic mass is 10.1. The zero-order valence-corrected chi connectivity index (χ0v) is 22.3. The minimum absolute atomic E-state index is 0.341. The Morgan fingerprint density at radius 3 is 2.69 bits per heavy atom. The van der Waals surface area contributed by atoms with Gasteiger partial charge in [-0.25, -0.2) is 4.79 Å². The van der Waals surface area contributed by atoms with Crippen LogP contribution in [0.1, 0.15) is 21.1 Å². The number of furan rings is 1. The molecule has 0 unspecified atom stereocenters. The average molecular weight is 533 g/mol. The summed E-state index contributed by atoms with van der Waals surface area (Å²) in [5.74, 6) is 1.23. The number of aryl methyl sites for hydroxylation is 2. The molecule has 7 heteroatoms. The first-order valence-corrected chi connectivity index (χ1v) is 14.1. The zero-order valence-electron chi connectivity index (χ0n) is 19.8. The third kappa shape index (κ3) is 5.59. The van der Waals surface area contributed by atoms with E-state index in [1.165, 1.54) is 15.3 Å². The molecule has 0 radical (unpaired) electrons. The minimum atomic E-state index is -0.984. The van der Waals surface area contributed by atoms with Crippen LogP contribution in [0.3, 0.4) is 0 Å². The highest BCUT2D eigenvalue weighted by Crippen LogP contribution is 2.36. The third-order valence-corrected chi connectivity index (χ3v) is 8.50. The maximum atomic E-state index is 10.8. The van der Waals surface area contributed by atoms with Gasteiger partial charge in [-0.2, -0.15) is 0 Å². The summed E-state index contributed by atoms with van der Waals surface area (Å²) in [6.07, 6.45) is 2.21. The number of thioether (sulfide) groups is 1. The van der Waals surface area contributed by atoms with Crippen molar-refractivity contribution >= 4 is 56.9 Å². The lowest BCUT2D eigenvalue weighted by Gasteiger charge is -2.08. The number of fused-ring (bicyclic) bond motifs is 1. The molecule has 0 fully saturated rings. The van der Waals surface area contributed by atoms with Crippen molar-refractivity contribution in [1.29, 1.82) is 0 Å². The second kappa shape index (κ2) is 10.8. The molecular weight excluding hydrogens is 509 g/mol. The Morgan fingerprint density at radius 1 is 1.08 bits per heavy atom. The van der Waals surface area contributed by atoms with Gasteiger partial charge in [0.25, 0.3) is 0 Å². The second-order valence-corrected chi connectivity index (χ2v) is 11.6. The van der Waals surface area contributed by atoms with Crippen LogP contribution in [0.25, 0.3) is 27.0 Å². The molecular formula is C29H24O4S3. The fourth-order valence-corrected chi connectivity index (χ4v) is 6.41. The van der Waals surface area contributed by atoms with Crippen molar-refractivity contribution in [2.45, 2.75) is 18.7 Å². The largest absolute Gasteiger partial charge is 0.482 e. The molecule has 0 aliphatic carbocycles. The normalized spacial score (nSPS) is 11.8. The average Bonchev–Trinajstić information content (AvgIpc) is 3.61. The van der Waals surface area contributed by atoms with Crippen molar-refractivity contribution in [2.75, 3.05) is 12.4 Å². The second-order valence-electron chi connectivity index (χ2n) is 8.29. The molecule has 1 N–H and O–H groups in total. The Balaban J connectivity index is 1.38. The molecule has 36 heavy (non-hydrogen) atoms. The summed E-state index contributed by atoms with van der Waals surface area (Å²) in [6.45, 7) is 3.71. The first kappa shape index (κ1) is 24.4. The van der Waals surface area contributed by atoms with Crippen LogP contribution in [0.2, 0.25) is 0 Å². The van der Waals surface area contributed by atoms with E-state index in [4.69, 9.17) is 14.3 Å². The monoisotopic (exact) mass is 532 g/mol. The van der Waals surface area contributed by atoms with Gasteiger partial charge in [0.15, 0.2) is 6.61 Å².